The quantitative estimate of drug-likeness (QED) is 0.803. The zero-order chi connectivity index (χ0) is 13.5. The summed E-state index contributed by atoms with van der Waals surface area (Å²) in [6.45, 7) is 10.8. The minimum absolute atomic E-state index is 0.610. The van der Waals surface area contributed by atoms with E-state index in [4.69, 9.17) is 0 Å². The Morgan fingerprint density at radius 1 is 1.28 bits per heavy atom. The Morgan fingerprint density at radius 3 is 2.50 bits per heavy atom. The highest BCUT2D eigenvalue weighted by atomic mass is 15.1. The number of rotatable bonds is 7. The summed E-state index contributed by atoms with van der Waals surface area (Å²) in [4.78, 5) is 6.80. The second-order valence-electron chi connectivity index (χ2n) is 5.48. The molecular weight excluding hydrogens is 222 g/mol. The molecule has 0 saturated carbocycles. The molecule has 1 rings (SSSR count). The molecule has 1 aromatic rings. The molecule has 1 unspecified atom stereocenters. The van der Waals surface area contributed by atoms with Crippen molar-refractivity contribution in [3.63, 3.8) is 0 Å². The van der Waals surface area contributed by atoms with Crippen LogP contribution in [0.3, 0.4) is 0 Å². The van der Waals surface area contributed by atoms with E-state index in [0.29, 0.717) is 6.04 Å². The van der Waals surface area contributed by atoms with Crippen molar-refractivity contribution in [2.24, 2.45) is 5.92 Å². The lowest BCUT2D eigenvalue weighted by Crippen LogP contribution is -2.29. The maximum absolute atomic E-state index is 4.40. The first-order valence-corrected chi connectivity index (χ1v) is 6.92. The van der Waals surface area contributed by atoms with Crippen LogP contribution >= 0.6 is 0 Å². The fraction of sp³-hybridized carbons (Fsp3) is 0.667. The minimum atomic E-state index is 0.610. The Bertz CT molecular complexity index is 332. The average molecular weight is 249 g/mol. The molecule has 0 fully saturated rings. The van der Waals surface area contributed by atoms with Gasteiger partial charge in [-0.15, -0.1) is 0 Å². The maximum Gasteiger partial charge on any atom is 0.125 e. The summed E-state index contributed by atoms with van der Waals surface area (Å²) < 4.78 is 0. The molecule has 0 amide bonds. The third-order valence-corrected chi connectivity index (χ3v) is 3.18. The molecule has 0 spiro atoms. The number of aromatic nitrogens is 1. The van der Waals surface area contributed by atoms with Gasteiger partial charge in [-0.2, -0.15) is 0 Å². The Hall–Kier alpha value is -1.09. The molecule has 0 aromatic carbocycles. The zero-order valence-electron chi connectivity index (χ0n) is 12.4. The number of pyridine rings is 1. The van der Waals surface area contributed by atoms with Crippen molar-refractivity contribution in [1.82, 2.24) is 9.88 Å². The third-order valence-electron chi connectivity index (χ3n) is 3.18. The fourth-order valence-electron chi connectivity index (χ4n) is 2.11. The lowest BCUT2D eigenvalue weighted by atomic mass is 10.0. The van der Waals surface area contributed by atoms with Crippen molar-refractivity contribution in [2.45, 2.75) is 46.7 Å². The van der Waals surface area contributed by atoms with E-state index in [2.05, 4.69) is 62.1 Å². The van der Waals surface area contributed by atoms with Crippen LogP contribution in [-0.2, 0) is 6.54 Å². The molecule has 1 aromatic heterocycles. The lowest BCUT2D eigenvalue weighted by Gasteiger charge is -2.26. The van der Waals surface area contributed by atoms with E-state index in [1.54, 1.807) is 0 Å². The highest BCUT2D eigenvalue weighted by Crippen LogP contribution is 2.13. The van der Waals surface area contributed by atoms with Crippen LogP contribution in [0.1, 0.15) is 39.7 Å². The molecule has 3 nitrogen and oxygen atoms in total. The van der Waals surface area contributed by atoms with Crippen LogP contribution in [0.25, 0.3) is 0 Å². The molecular formula is C15H27N3. The maximum atomic E-state index is 4.40. The smallest absolute Gasteiger partial charge is 0.125 e. The second-order valence-corrected chi connectivity index (χ2v) is 5.48. The summed E-state index contributed by atoms with van der Waals surface area (Å²) in [6, 6.07) is 4.82. The van der Waals surface area contributed by atoms with Crippen LogP contribution < -0.4 is 5.32 Å². The van der Waals surface area contributed by atoms with Gasteiger partial charge in [-0.25, -0.2) is 4.98 Å². The van der Waals surface area contributed by atoms with Gasteiger partial charge in [0.05, 0.1) is 0 Å². The van der Waals surface area contributed by atoms with Crippen molar-refractivity contribution in [3.8, 4) is 0 Å². The Kier molecular flexibility index (Phi) is 6.13. The highest BCUT2D eigenvalue weighted by molar-refractivity contribution is 5.35. The topological polar surface area (TPSA) is 28.2 Å². The average Bonchev–Trinajstić information content (AvgIpc) is 2.31. The molecule has 0 aliphatic rings. The van der Waals surface area contributed by atoms with Crippen molar-refractivity contribution in [3.05, 3.63) is 23.9 Å². The molecule has 0 aliphatic carbocycles. The van der Waals surface area contributed by atoms with E-state index >= 15 is 0 Å². The predicted molar refractivity (Wildman–Crippen MR) is 78.8 cm³/mol. The molecule has 0 radical (unpaired) electrons. The van der Waals surface area contributed by atoms with Crippen molar-refractivity contribution in [2.75, 3.05) is 18.9 Å². The van der Waals surface area contributed by atoms with E-state index in [1.807, 2.05) is 6.20 Å². The largest absolute Gasteiger partial charge is 0.370 e. The summed E-state index contributed by atoms with van der Waals surface area (Å²) in [5.41, 5.74) is 1.27. The second kappa shape index (κ2) is 7.37. The number of hydrogen-bond donors (Lipinski definition) is 1. The van der Waals surface area contributed by atoms with Gasteiger partial charge in [-0.05, 0) is 44.9 Å². The normalized spacial score (nSPS) is 13.1. The van der Waals surface area contributed by atoms with Crippen molar-refractivity contribution < 1.29 is 0 Å². The summed E-state index contributed by atoms with van der Waals surface area (Å²) in [7, 11) is 2.19. The van der Waals surface area contributed by atoms with E-state index in [0.717, 1.165) is 24.8 Å². The minimum Gasteiger partial charge on any atom is -0.370 e. The van der Waals surface area contributed by atoms with Gasteiger partial charge in [0.1, 0.15) is 5.82 Å². The van der Waals surface area contributed by atoms with Crippen LogP contribution in [0.4, 0.5) is 5.82 Å². The molecule has 102 valence electrons. The first-order valence-electron chi connectivity index (χ1n) is 6.92. The molecule has 0 aliphatic heterocycles. The third kappa shape index (κ3) is 5.05. The zero-order valence-corrected chi connectivity index (χ0v) is 12.4. The fourth-order valence-corrected chi connectivity index (χ4v) is 2.11. The molecule has 1 atom stereocenters. The number of anilines is 1. The Morgan fingerprint density at radius 2 is 2.00 bits per heavy atom. The SMILES string of the molecule is CCNc1ccc(CN(C)C(C)CC(C)C)cn1. The highest BCUT2D eigenvalue weighted by Gasteiger charge is 2.11. The lowest BCUT2D eigenvalue weighted by molar-refractivity contribution is 0.220. The van der Waals surface area contributed by atoms with Crippen LogP contribution in [-0.4, -0.2) is 29.5 Å². The first-order chi connectivity index (χ1) is 8.52. The van der Waals surface area contributed by atoms with Gasteiger partial charge in [-0.1, -0.05) is 19.9 Å². The molecule has 3 heteroatoms. The van der Waals surface area contributed by atoms with E-state index < -0.39 is 0 Å². The monoisotopic (exact) mass is 249 g/mol. The predicted octanol–water partition coefficient (Wildman–Crippen LogP) is 3.38. The van der Waals surface area contributed by atoms with Crippen LogP contribution in [0.15, 0.2) is 18.3 Å². The van der Waals surface area contributed by atoms with Gasteiger partial charge < -0.3 is 5.32 Å². The molecule has 1 N–H and O–H groups in total. The molecule has 1 heterocycles. The van der Waals surface area contributed by atoms with Crippen LogP contribution in [0.5, 0.6) is 0 Å². The number of nitrogens with zero attached hydrogens (tertiary/aromatic N) is 2. The summed E-state index contributed by atoms with van der Waals surface area (Å²) in [5.74, 6) is 1.70. The van der Waals surface area contributed by atoms with Gasteiger partial charge >= 0.3 is 0 Å². The van der Waals surface area contributed by atoms with E-state index in [-0.39, 0.29) is 0 Å². The summed E-state index contributed by atoms with van der Waals surface area (Å²) in [6.07, 6.45) is 3.20. The summed E-state index contributed by atoms with van der Waals surface area (Å²) in [5, 5.41) is 3.21. The number of hydrogen-bond acceptors (Lipinski definition) is 3. The summed E-state index contributed by atoms with van der Waals surface area (Å²) >= 11 is 0. The Labute approximate surface area is 112 Å². The van der Waals surface area contributed by atoms with E-state index in [1.165, 1.54) is 12.0 Å². The molecule has 0 saturated heterocycles. The Balaban J connectivity index is 2.50. The van der Waals surface area contributed by atoms with Gasteiger partial charge in [0.2, 0.25) is 0 Å². The van der Waals surface area contributed by atoms with E-state index in [9.17, 15) is 0 Å². The standard InChI is InChI=1S/C15H27N3/c1-6-16-15-8-7-14(10-17-15)11-18(5)13(4)9-12(2)3/h7-8,10,12-13H,6,9,11H2,1-5H3,(H,16,17). The van der Waals surface area contributed by atoms with Gasteiger partial charge in [-0.3, -0.25) is 4.90 Å². The van der Waals surface area contributed by atoms with Gasteiger partial charge in [0, 0.05) is 25.3 Å². The van der Waals surface area contributed by atoms with Gasteiger partial charge in [0.25, 0.3) is 0 Å². The van der Waals surface area contributed by atoms with Gasteiger partial charge in [0.15, 0.2) is 0 Å². The van der Waals surface area contributed by atoms with Crippen molar-refractivity contribution >= 4 is 5.82 Å². The van der Waals surface area contributed by atoms with Crippen LogP contribution in [0, 0.1) is 5.92 Å². The molecule has 0 bridgehead atoms. The molecule has 18 heavy (non-hydrogen) atoms. The van der Waals surface area contributed by atoms with Crippen LogP contribution in [0.2, 0.25) is 0 Å². The number of nitrogens with one attached hydrogen (secondary N) is 1. The van der Waals surface area contributed by atoms with Crippen molar-refractivity contribution in [1.29, 1.82) is 0 Å². The first kappa shape index (κ1) is 15.0.